The number of carbonyl (C=O) groups is 1. The number of rotatable bonds is 1. The van der Waals surface area contributed by atoms with Crippen molar-refractivity contribution in [2.45, 2.75) is 20.8 Å². The fourth-order valence-electron chi connectivity index (χ4n) is 1.27. The van der Waals surface area contributed by atoms with Crippen molar-refractivity contribution in [3.8, 4) is 0 Å². The topological polar surface area (TPSA) is 32.9 Å². The van der Waals surface area contributed by atoms with Crippen LogP contribution >= 0.6 is 0 Å². The first-order valence-corrected chi connectivity index (χ1v) is 4.85. The van der Waals surface area contributed by atoms with Gasteiger partial charge >= 0.3 is 0 Å². The maximum atomic E-state index is 11.0. The van der Waals surface area contributed by atoms with Crippen molar-refractivity contribution in [3.63, 3.8) is 0 Å². The smallest absolute Gasteiger partial charge is 0.159 e. The van der Waals surface area contributed by atoms with Crippen molar-refractivity contribution in [3.05, 3.63) is 36.0 Å². The van der Waals surface area contributed by atoms with Crippen molar-refractivity contribution in [1.29, 1.82) is 0 Å². The molecule has 0 aliphatic heterocycles. The molecule has 2 nitrogen and oxygen atoms in total. The molecule has 0 fully saturated rings. The Balaban J connectivity index is 0.000000461. The van der Waals surface area contributed by atoms with Crippen LogP contribution in [-0.4, -0.2) is 10.8 Å². The van der Waals surface area contributed by atoms with Gasteiger partial charge in [-0.25, -0.2) is 0 Å². The van der Waals surface area contributed by atoms with Gasteiger partial charge in [0.1, 0.15) is 0 Å². The van der Waals surface area contributed by atoms with E-state index in [1.807, 2.05) is 44.3 Å². The van der Waals surface area contributed by atoms with E-state index >= 15 is 0 Å². The highest BCUT2D eigenvalue weighted by Crippen LogP contribution is 2.14. The molecule has 0 radical (unpaired) electrons. The monoisotopic (exact) mass is 189 g/mol. The molecule has 0 saturated carbocycles. The molecule has 0 aliphatic rings. The van der Waals surface area contributed by atoms with Crippen LogP contribution in [0.5, 0.6) is 0 Å². The summed E-state index contributed by atoms with van der Waals surface area (Å²) in [6.45, 7) is 5.58. The minimum absolute atomic E-state index is 0.109. The molecule has 2 heteroatoms. The predicted octanol–water partition coefficient (Wildman–Crippen LogP) is 3.40. The summed E-state index contributed by atoms with van der Waals surface area (Å²) in [5.74, 6) is 0.109. The predicted molar refractivity (Wildman–Crippen MR) is 59.7 cm³/mol. The van der Waals surface area contributed by atoms with Gasteiger partial charge in [0, 0.05) is 22.7 Å². The molecule has 2 aromatic rings. The summed E-state index contributed by atoms with van der Waals surface area (Å²) in [5, 5.41) is 1.09. The van der Waals surface area contributed by atoms with Crippen LogP contribution in [0, 0.1) is 0 Å². The van der Waals surface area contributed by atoms with Gasteiger partial charge in [-0.05, 0) is 31.2 Å². The quantitative estimate of drug-likeness (QED) is 0.685. The summed E-state index contributed by atoms with van der Waals surface area (Å²) in [5.41, 5.74) is 1.84. The molecule has 14 heavy (non-hydrogen) atoms. The van der Waals surface area contributed by atoms with Crippen LogP contribution in [0.2, 0.25) is 0 Å². The van der Waals surface area contributed by atoms with Crippen LogP contribution < -0.4 is 0 Å². The summed E-state index contributed by atoms with van der Waals surface area (Å²) >= 11 is 0. The number of benzene rings is 1. The molecule has 0 atom stereocenters. The molecule has 0 unspecified atom stereocenters. The second-order valence-electron chi connectivity index (χ2n) is 2.84. The lowest BCUT2D eigenvalue weighted by molar-refractivity contribution is 0.101. The van der Waals surface area contributed by atoms with Gasteiger partial charge < -0.3 is 4.98 Å². The number of hydrogen-bond donors (Lipinski definition) is 1. The zero-order valence-corrected chi connectivity index (χ0v) is 8.79. The van der Waals surface area contributed by atoms with E-state index in [0.717, 1.165) is 16.5 Å². The van der Waals surface area contributed by atoms with Gasteiger partial charge in [0.25, 0.3) is 0 Å². The van der Waals surface area contributed by atoms with Gasteiger partial charge in [-0.2, -0.15) is 0 Å². The molecule has 1 N–H and O–H groups in total. The largest absolute Gasteiger partial charge is 0.361 e. The molecule has 1 aromatic heterocycles. The van der Waals surface area contributed by atoms with Crippen molar-refractivity contribution >= 4 is 16.7 Å². The molecule has 1 aromatic carbocycles. The molecule has 0 saturated heterocycles. The number of carbonyl (C=O) groups excluding carboxylic acids is 1. The molecular weight excluding hydrogens is 174 g/mol. The normalized spacial score (nSPS) is 9.36. The van der Waals surface area contributed by atoms with Crippen LogP contribution in [0.4, 0.5) is 0 Å². The number of H-pyrrole nitrogens is 1. The number of aromatic nitrogens is 1. The minimum atomic E-state index is 0.109. The summed E-state index contributed by atoms with van der Waals surface area (Å²) in [6.07, 6.45) is 1.87. The third-order valence-electron chi connectivity index (χ3n) is 1.96. The average Bonchev–Trinajstić information content (AvgIpc) is 2.67. The number of aromatic amines is 1. The van der Waals surface area contributed by atoms with Gasteiger partial charge in [-0.3, -0.25) is 4.79 Å². The SMILES string of the molecule is CC.CC(=O)c1ccc2[nH]ccc2c1. The fraction of sp³-hybridized carbons (Fsp3) is 0.250. The van der Waals surface area contributed by atoms with Crippen LogP contribution in [0.25, 0.3) is 10.9 Å². The highest BCUT2D eigenvalue weighted by atomic mass is 16.1. The van der Waals surface area contributed by atoms with Crippen molar-refractivity contribution < 1.29 is 4.79 Å². The van der Waals surface area contributed by atoms with Crippen LogP contribution in [0.3, 0.4) is 0 Å². The second kappa shape index (κ2) is 4.61. The van der Waals surface area contributed by atoms with Gasteiger partial charge in [-0.15, -0.1) is 0 Å². The summed E-state index contributed by atoms with van der Waals surface area (Å²) in [4.78, 5) is 14.1. The van der Waals surface area contributed by atoms with E-state index in [2.05, 4.69) is 4.98 Å². The Hall–Kier alpha value is -1.57. The molecule has 0 amide bonds. The number of hydrogen-bond acceptors (Lipinski definition) is 1. The first-order chi connectivity index (χ1) is 6.77. The van der Waals surface area contributed by atoms with E-state index in [-0.39, 0.29) is 5.78 Å². The standard InChI is InChI=1S/C10H9NO.C2H6/c1-7(12)8-2-3-10-9(6-8)4-5-11-10;1-2/h2-6,11H,1H3;1-2H3. The maximum absolute atomic E-state index is 11.0. The lowest BCUT2D eigenvalue weighted by Gasteiger charge is -1.94. The first-order valence-electron chi connectivity index (χ1n) is 4.85. The maximum Gasteiger partial charge on any atom is 0.159 e. The number of Topliss-reactive ketones (excluding diaryl/α,β-unsaturated/α-hetero) is 1. The number of ketones is 1. The van der Waals surface area contributed by atoms with Crippen LogP contribution in [0.1, 0.15) is 31.1 Å². The third kappa shape index (κ3) is 2.02. The van der Waals surface area contributed by atoms with E-state index in [9.17, 15) is 4.79 Å². The van der Waals surface area contributed by atoms with Crippen molar-refractivity contribution in [2.24, 2.45) is 0 Å². The summed E-state index contributed by atoms with van der Waals surface area (Å²) in [6, 6.07) is 7.61. The Bertz CT molecular complexity index is 429. The van der Waals surface area contributed by atoms with Crippen LogP contribution in [-0.2, 0) is 0 Å². The Morgan fingerprint density at radius 1 is 1.21 bits per heavy atom. The van der Waals surface area contributed by atoms with E-state index in [1.165, 1.54) is 0 Å². The summed E-state index contributed by atoms with van der Waals surface area (Å²) < 4.78 is 0. The minimum Gasteiger partial charge on any atom is -0.361 e. The zero-order chi connectivity index (χ0) is 10.6. The zero-order valence-electron chi connectivity index (χ0n) is 8.79. The van der Waals surface area contributed by atoms with E-state index in [0.29, 0.717) is 0 Å². The van der Waals surface area contributed by atoms with Crippen molar-refractivity contribution in [2.75, 3.05) is 0 Å². The molecule has 0 spiro atoms. The number of fused-ring (bicyclic) bond motifs is 1. The number of nitrogens with one attached hydrogen (secondary N) is 1. The molecule has 2 rings (SSSR count). The highest BCUT2D eigenvalue weighted by molar-refractivity contribution is 5.97. The average molecular weight is 189 g/mol. The van der Waals surface area contributed by atoms with E-state index in [1.54, 1.807) is 6.92 Å². The van der Waals surface area contributed by atoms with Crippen LogP contribution in [0.15, 0.2) is 30.5 Å². The second-order valence-corrected chi connectivity index (χ2v) is 2.84. The molecule has 1 heterocycles. The van der Waals surface area contributed by atoms with Gasteiger partial charge in [0.2, 0.25) is 0 Å². The van der Waals surface area contributed by atoms with Gasteiger partial charge in [0.05, 0.1) is 0 Å². The fourth-order valence-corrected chi connectivity index (χ4v) is 1.27. The first kappa shape index (κ1) is 10.5. The Morgan fingerprint density at radius 2 is 1.93 bits per heavy atom. The molecule has 0 aliphatic carbocycles. The lowest BCUT2D eigenvalue weighted by atomic mass is 10.1. The Labute approximate surface area is 83.9 Å². The Morgan fingerprint density at radius 3 is 2.57 bits per heavy atom. The Kier molecular flexibility index (Phi) is 3.46. The van der Waals surface area contributed by atoms with Gasteiger partial charge in [0.15, 0.2) is 5.78 Å². The highest BCUT2D eigenvalue weighted by Gasteiger charge is 1.99. The lowest BCUT2D eigenvalue weighted by Crippen LogP contribution is -1.89. The van der Waals surface area contributed by atoms with Crippen molar-refractivity contribution in [1.82, 2.24) is 4.98 Å². The molecular formula is C12H15NO. The third-order valence-corrected chi connectivity index (χ3v) is 1.96. The molecule has 0 bridgehead atoms. The summed E-state index contributed by atoms with van der Waals surface area (Å²) in [7, 11) is 0. The van der Waals surface area contributed by atoms with E-state index < -0.39 is 0 Å². The molecule has 74 valence electrons. The van der Waals surface area contributed by atoms with E-state index in [4.69, 9.17) is 0 Å². The van der Waals surface area contributed by atoms with Gasteiger partial charge in [-0.1, -0.05) is 13.8 Å².